The van der Waals surface area contributed by atoms with Crippen molar-refractivity contribution in [2.45, 2.75) is 26.1 Å². The Morgan fingerprint density at radius 3 is 2.29 bits per heavy atom. The highest BCUT2D eigenvalue weighted by atomic mass is 16.6. The van der Waals surface area contributed by atoms with Crippen molar-refractivity contribution in [3.63, 3.8) is 0 Å². The summed E-state index contributed by atoms with van der Waals surface area (Å²) in [5, 5.41) is 0. The molecule has 0 saturated carbocycles. The van der Waals surface area contributed by atoms with Gasteiger partial charge in [-0.2, -0.15) is 0 Å². The maximum Gasteiger partial charge on any atom is 0.346 e. The van der Waals surface area contributed by atoms with Crippen molar-refractivity contribution in [1.29, 1.82) is 0 Å². The van der Waals surface area contributed by atoms with E-state index in [1.54, 1.807) is 0 Å². The van der Waals surface area contributed by atoms with Crippen LogP contribution in [0, 0.1) is 0 Å². The third-order valence-electron chi connectivity index (χ3n) is 2.68. The lowest BCUT2D eigenvalue weighted by molar-refractivity contribution is -0.172. The number of esters is 1. The van der Waals surface area contributed by atoms with Crippen LogP contribution >= 0.6 is 0 Å². The first-order chi connectivity index (χ1) is 8.00. The molecule has 0 bridgehead atoms. The number of Topliss-reactive ketones (excluding diaryl/α,β-unsaturated/α-hetero) is 1. The number of hydrogen-bond acceptors (Lipinski definition) is 4. The van der Waals surface area contributed by atoms with Crippen LogP contribution in [-0.4, -0.2) is 24.5 Å². The summed E-state index contributed by atoms with van der Waals surface area (Å²) < 4.78 is 9.99. The van der Waals surface area contributed by atoms with Crippen molar-refractivity contribution < 1.29 is 19.1 Å². The molecular formula is C13H16O4. The topological polar surface area (TPSA) is 52.6 Å². The van der Waals surface area contributed by atoms with E-state index < -0.39 is 11.6 Å². The number of ether oxygens (including phenoxy) is 2. The molecule has 0 N–H and O–H groups in total. The van der Waals surface area contributed by atoms with Gasteiger partial charge < -0.3 is 9.47 Å². The molecule has 4 heteroatoms. The van der Waals surface area contributed by atoms with Gasteiger partial charge in [0.25, 0.3) is 0 Å². The maximum absolute atomic E-state index is 11.7. The van der Waals surface area contributed by atoms with Gasteiger partial charge in [-0.25, -0.2) is 4.79 Å². The van der Waals surface area contributed by atoms with E-state index in [0.29, 0.717) is 0 Å². The second-order valence-corrected chi connectivity index (χ2v) is 3.86. The maximum atomic E-state index is 11.7. The van der Waals surface area contributed by atoms with Crippen LogP contribution in [0.4, 0.5) is 0 Å². The van der Waals surface area contributed by atoms with Crippen LogP contribution in [0.1, 0.15) is 19.4 Å². The van der Waals surface area contributed by atoms with Crippen LogP contribution in [0.2, 0.25) is 0 Å². The Balaban J connectivity index is 2.64. The van der Waals surface area contributed by atoms with Crippen LogP contribution in [0.5, 0.6) is 0 Å². The molecule has 1 unspecified atom stereocenters. The molecule has 1 atom stereocenters. The van der Waals surface area contributed by atoms with Gasteiger partial charge in [-0.15, -0.1) is 0 Å². The van der Waals surface area contributed by atoms with Crippen LogP contribution in [0.25, 0.3) is 0 Å². The molecule has 4 nitrogen and oxygen atoms in total. The highest BCUT2D eigenvalue weighted by Crippen LogP contribution is 2.14. The van der Waals surface area contributed by atoms with Crippen molar-refractivity contribution >= 4 is 11.8 Å². The monoisotopic (exact) mass is 236 g/mol. The van der Waals surface area contributed by atoms with E-state index in [4.69, 9.17) is 9.47 Å². The van der Waals surface area contributed by atoms with Crippen LogP contribution in [0.15, 0.2) is 30.3 Å². The first-order valence-electron chi connectivity index (χ1n) is 5.28. The zero-order valence-electron chi connectivity index (χ0n) is 10.2. The predicted molar refractivity (Wildman–Crippen MR) is 62.3 cm³/mol. The summed E-state index contributed by atoms with van der Waals surface area (Å²) >= 11 is 0. The van der Waals surface area contributed by atoms with Gasteiger partial charge in [0, 0.05) is 7.11 Å². The molecule has 92 valence electrons. The quantitative estimate of drug-likeness (QED) is 0.577. The fourth-order valence-corrected chi connectivity index (χ4v) is 1.23. The lowest BCUT2D eigenvalue weighted by Gasteiger charge is -2.22. The molecule has 0 heterocycles. The number of benzene rings is 1. The number of rotatable bonds is 5. The van der Waals surface area contributed by atoms with Gasteiger partial charge in [-0.3, -0.25) is 4.79 Å². The summed E-state index contributed by atoms with van der Waals surface area (Å²) in [7, 11) is 1.31. The van der Waals surface area contributed by atoms with Crippen molar-refractivity contribution in [2.24, 2.45) is 0 Å². The van der Waals surface area contributed by atoms with Crippen molar-refractivity contribution in [2.75, 3.05) is 7.11 Å². The molecule has 1 aromatic rings. The highest BCUT2D eigenvalue weighted by Gasteiger charge is 2.40. The summed E-state index contributed by atoms with van der Waals surface area (Å²) in [5.41, 5.74) is -0.655. The zero-order valence-corrected chi connectivity index (χ0v) is 10.2. The van der Waals surface area contributed by atoms with E-state index >= 15 is 0 Å². The summed E-state index contributed by atoms with van der Waals surface area (Å²) in [6, 6.07) is 9.25. The third kappa shape index (κ3) is 3.14. The van der Waals surface area contributed by atoms with E-state index in [2.05, 4.69) is 0 Å². The molecule has 1 aromatic carbocycles. The van der Waals surface area contributed by atoms with E-state index in [0.717, 1.165) is 5.56 Å². The Morgan fingerprint density at radius 1 is 1.24 bits per heavy atom. The summed E-state index contributed by atoms with van der Waals surface area (Å²) in [6.07, 6.45) is 0. The number of ketones is 1. The smallest absolute Gasteiger partial charge is 0.346 e. The number of hydrogen-bond donors (Lipinski definition) is 0. The first-order valence-corrected chi connectivity index (χ1v) is 5.28. The van der Waals surface area contributed by atoms with E-state index in [9.17, 15) is 9.59 Å². The Labute approximate surface area is 101 Å². The fraction of sp³-hybridized carbons (Fsp3) is 0.385. The molecule has 0 spiro atoms. The Bertz CT molecular complexity index is 399. The number of carbonyl (C=O) groups excluding carboxylic acids is 2. The molecule has 0 fully saturated rings. The summed E-state index contributed by atoms with van der Waals surface area (Å²) in [6.45, 7) is 2.84. The molecule has 0 aliphatic rings. The molecule has 0 aliphatic carbocycles. The van der Waals surface area contributed by atoms with Crippen LogP contribution < -0.4 is 0 Å². The second-order valence-electron chi connectivity index (χ2n) is 3.86. The molecule has 0 saturated heterocycles. The molecule has 0 aliphatic heterocycles. The molecule has 17 heavy (non-hydrogen) atoms. The SMILES string of the molecule is COC(C)(C(C)=O)C(=O)OCc1ccccc1. The standard InChI is InChI=1S/C13H16O4/c1-10(14)13(2,16-3)12(15)17-9-11-7-5-4-6-8-11/h4-8H,9H2,1-3H3. The van der Waals surface area contributed by atoms with E-state index in [-0.39, 0.29) is 12.4 Å². The lowest BCUT2D eigenvalue weighted by atomic mass is 10.0. The van der Waals surface area contributed by atoms with Gasteiger partial charge in [0.05, 0.1) is 0 Å². The van der Waals surface area contributed by atoms with Gasteiger partial charge in [0.15, 0.2) is 5.78 Å². The lowest BCUT2D eigenvalue weighted by Crippen LogP contribution is -2.45. The van der Waals surface area contributed by atoms with Crippen molar-refractivity contribution in [3.8, 4) is 0 Å². The Morgan fingerprint density at radius 2 is 1.82 bits per heavy atom. The largest absolute Gasteiger partial charge is 0.458 e. The Hall–Kier alpha value is -1.68. The molecule has 0 aromatic heterocycles. The minimum Gasteiger partial charge on any atom is -0.458 e. The fourth-order valence-electron chi connectivity index (χ4n) is 1.23. The minimum atomic E-state index is -1.52. The first kappa shape index (κ1) is 13.4. The average molecular weight is 236 g/mol. The predicted octanol–water partition coefficient (Wildman–Crippen LogP) is 1.72. The second kappa shape index (κ2) is 5.59. The molecular weight excluding hydrogens is 220 g/mol. The van der Waals surface area contributed by atoms with Crippen LogP contribution in [-0.2, 0) is 25.7 Å². The molecule has 1 rings (SSSR count). The number of carbonyl (C=O) groups is 2. The normalized spacial score (nSPS) is 13.8. The molecule has 0 radical (unpaired) electrons. The van der Waals surface area contributed by atoms with Gasteiger partial charge in [0.2, 0.25) is 5.60 Å². The zero-order chi connectivity index (χ0) is 12.9. The average Bonchev–Trinajstić information content (AvgIpc) is 2.35. The Kier molecular flexibility index (Phi) is 4.40. The van der Waals surface area contributed by atoms with Crippen LogP contribution in [0.3, 0.4) is 0 Å². The summed E-state index contributed by atoms with van der Waals surface area (Å²) in [5.74, 6) is -1.05. The number of methoxy groups -OCH3 is 1. The minimum absolute atomic E-state index is 0.131. The summed E-state index contributed by atoms with van der Waals surface area (Å²) in [4.78, 5) is 23.1. The third-order valence-corrected chi connectivity index (χ3v) is 2.68. The van der Waals surface area contributed by atoms with Gasteiger partial charge in [0.1, 0.15) is 6.61 Å². The van der Waals surface area contributed by atoms with Gasteiger partial charge in [-0.1, -0.05) is 30.3 Å². The van der Waals surface area contributed by atoms with Gasteiger partial charge >= 0.3 is 5.97 Å². The van der Waals surface area contributed by atoms with Crippen molar-refractivity contribution in [1.82, 2.24) is 0 Å². The molecule has 0 amide bonds. The van der Waals surface area contributed by atoms with E-state index in [1.165, 1.54) is 21.0 Å². The highest BCUT2D eigenvalue weighted by molar-refractivity contribution is 6.05. The van der Waals surface area contributed by atoms with Gasteiger partial charge in [-0.05, 0) is 19.4 Å². The van der Waals surface area contributed by atoms with Crippen molar-refractivity contribution in [3.05, 3.63) is 35.9 Å². The van der Waals surface area contributed by atoms with E-state index in [1.807, 2.05) is 30.3 Å².